The van der Waals surface area contributed by atoms with E-state index in [1.807, 2.05) is 31.2 Å². The molecule has 1 unspecified atom stereocenters. The summed E-state index contributed by atoms with van der Waals surface area (Å²) in [6.45, 7) is 4.28. The van der Waals surface area contributed by atoms with Gasteiger partial charge in [0.15, 0.2) is 0 Å². The molecular weight excluding hydrogens is 234 g/mol. The van der Waals surface area contributed by atoms with Crippen LogP contribution in [-0.4, -0.2) is 29.4 Å². The lowest BCUT2D eigenvalue weighted by Gasteiger charge is -2.07. The summed E-state index contributed by atoms with van der Waals surface area (Å²) in [5.41, 5.74) is 1.19. The molecule has 0 aliphatic rings. The van der Waals surface area contributed by atoms with Gasteiger partial charge in [-0.3, -0.25) is 4.79 Å². The smallest absolute Gasteiger partial charge is 0.230 e. The van der Waals surface area contributed by atoms with Gasteiger partial charge < -0.3 is 10.4 Å². The molecule has 1 aromatic rings. The fourth-order valence-electron chi connectivity index (χ4n) is 1.33. The van der Waals surface area contributed by atoms with Crippen LogP contribution in [0.1, 0.15) is 18.9 Å². The Kier molecular flexibility index (Phi) is 6.08. The monoisotopic (exact) mass is 253 g/mol. The topological polar surface area (TPSA) is 49.3 Å². The molecule has 0 aliphatic heterocycles. The molecule has 94 valence electrons. The van der Waals surface area contributed by atoms with E-state index in [0.717, 1.165) is 4.90 Å². The minimum atomic E-state index is -0.362. The van der Waals surface area contributed by atoms with Crippen molar-refractivity contribution in [2.45, 2.75) is 31.3 Å². The third kappa shape index (κ3) is 5.75. The van der Waals surface area contributed by atoms with Gasteiger partial charge in [-0.05, 0) is 31.9 Å². The van der Waals surface area contributed by atoms with Crippen molar-refractivity contribution in [1.82, 2.24) is 5.32 Å². The molecule has 0 bridgehead atoms. The van der Waals surface area contributed by atoms with Crippen LogP contribution in [0.3, 0.4) is 0 Å². The summed E-state index contributed by atoms with van der Waals surface area (Å²) < 4.78 is 0. The van der Waals surface area contributed by atoms with Gasteiger partial charge in [-0.15, -0.1) is 11.8 Å². The Labute approximate surface area is 107 Å². The minimum absolute atomic E-state index is 0.0129. The van der Waals surface area contributed by atoms with E-state index in [9.17, 15) is 4.79 Å². The van der Waals surface area contributed by atoms with Crippen LogP contribution in [0.25, 0.3) is 0 Å². The molecule has 1 aromatic carbocycles. The number of aliphatic hydroxyl groups is 1. The van der Waals surface area contributed by atoms with E-state index in [4.69, 9.17) is 5.11 Å². The number of carbonyl (C=O) groups excluding carboxylic acids is 1. The van der Waals surface area contributed by atoms with Crippen LogP contribution >= 0.6 is 11.8 Å². The zero-order chi connectivity index (χ0) is 12.7. The first-order chi connectivity index (χ1) is 8.09. The van der Waals surface area contributed by atoms with Crippen molar-refractivity contribution in [3.8, 4) is 0 Å². The van der Waals surface area contributed by atoms with Gasteiger partial charge in [-0.2, -0.15) is 0 Å². The average molecular weight is 253 g/mol. The highest BCUT2D eigenvalue weighted by Crippen LogP contribution is 2.21. The Morgan fingerprint density at radius 2 is 2.18 bits per heavy atom. The second-order valence-corrected chi connectivity index (χ2v) is 5.06. The Balaban J connectivity index is 2.26. The maximum atomic E-state index is 11.5. The molecule has 0 spiro atoms. The van der Waals surface area contributed by atoms with Crippen LogP contribution in [0.5, 0.6) is 0 Å². The van der Waals surface area contributed by atoms with E-state index >= 15 is 0 Å². The number of amides is 1. The second-order valence-electron chi connectivity index (χ2n) is 4.04. The van der Waals surface area contributed by atoms with E-state index in [1.165, 1.54) is 17.3 Å². The van der Waals surface area contributed by atoms with E-state index in [2.05, 4.69) is 5.32 Å². The van der Waals surface area contributed by atoms with E-state index in [-0.39, 0.29) is 12.0 Å². The summed E-state index contributed by atoms with van der Waals surface area (Å²) in [5.74, 6) is 0.434. The van der Waals surface area contributed by atoms with Crippen LogP contribution in [0.4, 0.5) is 0 Å². The Morgan fingerprint density at radius 1 is 1.47 bits per heavy atom. The summed E-state index contributed by atoms with van der Waals surface area (Å²) in [5, 5.41) is 11.8. The maximum absolute atomic E-state index is 11.5. The third-order valence-electron chi connectivity index (χ3n) is 2.34. The first-order valence-electron chi connectivity index (χ1n) is 5.73. The van der Waals surface area contributed by atoms with Crippen molar-refractivity contribution in [3.05, 3.63) is 29.8 Å². The zero-order valence-corrected chi connectivity index (χ0v) is 11.1. The van der Waals surface area contributed by atoms with Crippen molar-refractivity contribution < 1.29 is 9.90 Å². The summed E-state index contributed by atoms with van der Waals surface area (Å²) >= 11 is 1.54. The summed E-state index contributed by atoms with van der Waals surface area (Å²) in [6.07, 6.45) is 0.236. The first-order valence-corrected chi connectivity index (χ1v) is 6.71. The molecule has 0 saturated heterocycles. The van der Waals surface area contributed by atoms with Gasteiger partial charge in [0.2, 0.25) is 5.91 Å². The lowest BCUT2D eigenvalue weighted by atomic mass is 10.2. The Hall–Kier alpha value is -1.00. The number of aryl methyl sites for hydroxylation is 1. The maximum Gasteiger partial charge on any atom is 0.230 e. The Bertz CT molecular complexity index is 366. The summed E-state index contributed by atoms with van der Waals surface area (Å²) in [6, 6.07) is 8.01. The van der Waals surface area contributed by atoms with Gasteiger partial charge in [0.1, 0.15) is 0 Å². The van der Waals surface area contributed by atoms with Crippen molar-refractivity contribution >= 4 is 17.7 Å². The standard InChI is InChI=1S/C13H19NO2S/c1-10-5-3-4-6-12(10)17-9-13(16)14-8-7-11(2)15/h3-6,11,15H,7-9H2,1-2H3,(H,14,16). The molecule has 0 fully saturated rings. The number of hydrogen-bond acceptors (Lipinski definition) is 3. The number of rotatable bonds is 6. The first kappa shape index (κ1) is 14.1. The van der Waals surface area contributed by atoms with E-state index in [1.54, 1.807) is 6.92 Å². The highest BCUT2D eigenvalue weighted by atomic mass is 32.2. The highest BCUT2D eigenvalue weighted by molar-refractivity contribution is 8.00. The number of nitrogens with one attached hydrogen (secondary N) is 1. The molecule has 0 aliphatic carbocycles. The van der Waals surface area contributed by atoms with Crippen LogP contribution in [0.15, 0.2) is 29.2 Å². The van der Waals surface area contributed by atoms with Crippen LogP contribution in [0.2, 0.25) is 0 Å². The van der Waals surface area contributed by atoms with Crippen LogP contribution < -0.4 is 5.32 Å². The largest absolute Gasteiger partial charge is 0.393 e. The quantitative estimate of drug-likeness (QED) is 0.762. The summed E-state index contributed by atoms with van der Waals surface area (Å²) in [7, 11) is 0. The van der Waals surface area contributed by atoms with Gasteiger partial charge in [0, 0.05) is 11.4 Å². The van der Waals surface area contributed by atoms with Crippen molar-refractivity contribution in [2.75, 3.05) is 12.3 Å². The molecular formula is C13H19NO2S. The van der Waals surface area contributed by atoms with Gasteiger partial charge in [-0.25, -0.2) is 0 Å². The van der Waals surface area contributed by atoms with Gasteiger partial charge in [-0.1, -0.05) is 18.2 Å². The molecule has 0 aromatic heterocycles. The second kappa shape index (κ2) is 7.35. The molecule has 0 heterocycles. The van der Waals surface area contributed by atoms with Gasteiger partial charge >= 0.3 is 0 Å². The molecule has 1 rings (SSSR count). The summed E-state index contributed by atoms with van der Waals surface area (Å²) in [4.78, 5) is 12.6. The average Bonchev–Trinajstić information content (AvgIpc) is 2.27. The highest BCUT2D eigenvalue weighted by Gasteiger charge is 2.04. The fraction of sp³-hybridized carbons (Fsp3) is 0.462. The molecule has 17 heavy (non-hydrogen) atoms. The molecule has 2 N–H and O–H groups in total. The van der Waals surface area contributed by atoms with Gasteiger partial charge in [0.25, 0.3) is 0 Å². The number of carbonyl (C=O) groups is 1. The zero-order valence-electron chi connectivity index (χ0n) is 10.3. The molecule has 1 atom stereocenters. The fourth-order valence-corrected chi connectivity index (χ4v) is 2.19. The SMILES string of the molecule is Cc1ccccc1SCC(=O)NCCC(C)O. The third-order valence-corrected chi connectivity index (χ3v) is 3.51. The molecule has 1 amide bonds. The lowest BCUT2D eigenvalue weighted by molar-refractivity contribution is -0.118. The van der Waals surface area contributed by atoms with E-state index < -0.39 is 0 Å². The minimum Gasteiger partial charge on any atom is -0.393 e. The molecule has 3 nitrogen and oxygen atoms in total. The number of aliphatic hydroxyl groups excluding tert-OH is 1. The predicted octanol–water partition coefficient (Wildman–Crippen LogP) is 1.97. The van der Waals surface area contributed by atoms with Crippen molar-refractivity contribution in [2.24, 2.45) is 0 Å². The van der Waals surface area contributed by atoms with E-state index in [0.29, 0.717) is 18.7 Å². The Morgan fingerprint density at radius 3 is 2.82 bits per heavy atom. The molecule has 4 heteroatoms. The predicted molar refractivity (Wildman–Crippen MR) is 71.2 cm³/mol. The lowest BCUT2D eigenvalue weighted by Crippen LogP contribution is -2.27. The molecule has 0 saturated carbocycles. The van der Waals surface area contributed by atoms with Crippen molar-refractivity contribution in [1.29, 1.82) is 0 Å². The number of thioether (sulfide) groups is 1. The normalized spacial score (nSPS) is 12.2. The molecule has 0 radical (unpaired) electrons. The van der Waals surface area contributed by atoms with Gasteiger partial charge in [0.05, 0.1) is 11.9 Å². The number of hydrogen-bond donors (Lipinski definition) is 2. The van der Waals surface area contributed by atoms with Crippen molar-refractivity contribution in [3.63, 3.8) is 0 Å². The van der Waals surface area contributed by atoms with Crippen LogP contribution in [-0.2, 0) is 4.79 Å². The van der Waals surface area contributed by atoms with Crippen LogP contribution in [0, 0.1) is 6.92 Å². The number of benzene rings is 1.